The standard InChI is InChI=1S/C13H23ClN2O2S/c1-6-11(4)15(5)19(17,18)13-7-12(8-14)16(9-13)10(2)3/h7,9-11H,6,8H2,1-5H3. The Morgan fingerprint density at radius 3 is 2.32 bits per heavy atom. The summed E-state index contributed by atoms with van der Waals surface area (Å²) in [6.07, 6.45) is 2.46. The average Bonchev–Trinajstić information content (AvgIpc) is 2.81. The van der Waals surface area contributed by atoms with Crippen LogP contribution in [-0.2, 0) is 15.9 Å². The van der Waals surface area contributed by atoms with Gasteiger partial charge in [0.25, 0.3) is 0 Å². The Balaban J connectivity index is 3.23. The maximum atomic E-state index is 12.5. The summed E-state index contributed by atoms with van der Waals surface area (Å²) in [5.74, 6) is 0.306. The highest BCUT2D eigenvalue weighted by atomic mass is 35.5. The van der Waals surface area contributed by atoms with Crippen molar-refractivity contribution in [3.05, 3.63) is 18.0 Å². The molecule has 0 aliphatic heterocycles. The van der Waals surface area contributed by atoms with Crippen LogP contribution >= 0.6 is 11.6 Å². The smallest absolute Gasteiger partial charge is 0.244 e. The second-order valence-corrected chi connectivity index (χ2v) is 7.35. The number of rotatable bonds is 6. The molecule has 19 heavy (non-hydrogen) atoms. The van der Waals surface area contributed by atoms with E-state index < -0.39 is 10.0 Å². The van der Waals surface area contributed by atoms with Crippen molar-refractivity contribution in [2.75, 3.05) is 7.05 Å². The third-order valence-electron chi connectivity index (χ3n) is 3.49. The van der Waals surface area contributed by atoms with E-state index in [0.717, 1.165) is 12.1 Å². The first-order valence-corrected chi connectivity index (χ1v) is 8.47. The molecule has 0 bridgehead atoms. The molecule has 1 rings (SSSR count). The Kier molecular flexibility index (Phi) is 5.47. The van der Waals surface area contributed by atoms with Crippen LogP contribution in [0.15, 0.2) is 17.2 Å². The van der Waals surface area contributed by atoms with Crippen molar-refractivity contribution in [2.45, 2.75) is 57.0 Å². The normalized spacial score (nSPS) is 14.3. The van der Waals surface area contributed by atoms with Crippen molar-refractivity contribution < 1.29 is 8.42 Å². The first kappa shape index (κ1) is 16.5. The molecular weight excluding hydrogens is 284 g/mol. The van der Waals surface area contributed by atoms with Gasteiger partial charge in [0.15, 0.2) is 0 Å². The van der Waals surface area contributed by atoms with Crippen molar-refractivity contribution >= 4 is 21.6 Å². The third kappa shape index (κ3) is 3.33. The molecule has 0 aromatic carbocycles. The molecule has 1 heterocycles. The molecule has 0 N–H and O–H groups in total. The molecule has 4 nitrogen and oxygen atoms in total. The molecule has 1 aromatic heterocycles. The van der Waals surface area contributed by atoms with Crippen LogP contribution in [0.25, 0.3) is 0 Å². The van der Waals surface area contributed by atoms with E-state index in [4.69, 9.17) is 11.6 Å². The second-order valence-electron chi connectivity index (χ2n) is 5.08. The summed E-state index contributed by atoms with van der Waals surface area (Å²) in [5, 5.41) is 0. The van der Waals surface area contributed by atoms with E-state index in [2.05, 4.69) is 0 Å². The average molecular weight is 307 g/mol. The van der Waals surface area contributed by atoms with E-state index in [-0.39, 0.29) is 12.1 Å². The molecule has 6 heteroatoms. The van der Waals surface area contributed by atoms with E-state index in [9.17, 15) is 8.42 Å². The van der Waals surface area contributed by atoms with Crippen molar-refractivity contribution in [3.63, 3.8) is 0 Å². The zero-order valence-corrected chi connectivity index (χ0v) is 13.8. The molecule has 0 amide bonds. The summed E-state index contributed by atoms with van der Waals surface area (Å²) in [6.45, 7) is 7.88. The van der Waals surface area contributed by atoms with Crippen LogP contribution in [0.1, 0.15) is 45.9 Å². The molecule has 1 unspecified atom stereocenters. The maximum Gasteiger partial charge on any atom is 0.244 e. The molecule has 0 saturated heterocycles. The van der Waals surface area contributed by atoms with E-state index in [1.165, 1.54) is 4.31 Å². The highest BCUT2D eigenvalue weighted by Gasteiger charge is 2.26. The van der Waals surface area contributed by atoms with Gasteiger partial charge < -0.3 is 4.57 Å². The van der Waals surface area contributed by atoms with E-state index in [0.29, 0.717) is 10.8 Å². The monoisotopic (exact) mass is 306 g/mol. The molecule has 1 aromatic rings. The number of nitrogens with zero attached hydrogens (tertiary/aromatic N) is 2. The summed E-state index contributed by atoms with van der Waals surface area (Å²) < 4.78 is 28.3. The fourth-order valence-electron chi connectivity index (χ4n) is 1.89. The first-order valence-electron chi connectivity index (χ1n) is 6.50. The topological polar surface area (TPSA) is 42.3 Å². The number of aromatic nitrogens is 1. The zero-order chi connectivity index (χ0) is 14.8. The van der Waals surface area contributed by atoms with Crippen LogP contribution in [0, 0.1) is 0 Å². The van der Waals surface area contributed by atoms with E-state index in [1.807, 2.05) is 32.3 Å². The lowest BCUT2D eigenvalue weighted by Gasteiger charge is -2.22. The lowest BCUT2D eigenvalue weighted by molar-refractivity contribution is 0.380. The van der Waals surface area contributed by atoms with Gasteiger partial charge in [-0.2, -0.15) is 4.31 Å². The minimum atomic E-state index is -3.44. The SMILES string of the molecule is CCC(C)N(C)S(=O)(=O)c1cc(CCl)n(C(C)C)c1. The van der Waals surface area contributed by atoms with Gasteiger partial charge in [0, 0.05) is 31.0 Å². The van der Waals surface area contributed by atoms with Crippen LogP contribution in [0.4, 0.5) is 0 Å². The summed E-state index contributed by atoms with van der Waals surface area (Å²) in [5.41, 5.74) is 0.827. The predicted molar refractivity (Wildman–Crippen MR) is 79.1 cm³/mol. The largest absolute Gasteiger partial charge is 0.346 e. The minimum Gasteiger partial charge on any atom is -0.346 e. The van der Waals surface area contributed by atoms with Crippen LogP contribution in [0.3, 0.4) is 0 Å². The quantitative estimate of drug-likeness (QED) is 0.757. The van der Waals surface area contributed by atoms with Gasteiger partial charge in [0.1, 0.15) is 4.90 Å². The molecule has 0 aliphatic rings. The maximum absolute atomic E-state index is 12.5. The van der Waals surface area contributed by atoms with Crippen LogP contribution in [0.5, 0.6) is 0 Å². The summed E-state index contributed by atoms with van der Waals surface area (Å²) in [6, 6.07) is 1.83. The van der Waals surface area contributed by atoms with Gasteiger partial charge in [-0.05, 0) is 33.3 Å². The van der Waals surface area contributed by atoms with Crippen molar-refractivity contribution in [1.29, 1.82) is 0 Å². The fraction of sp³-hybridized carbons (Fsp3) is 0.692. The molecule has 0 radical (unpaired) electrons. The van der Waals surface area contributed by atoms with Gasteiger partial charge in [0.05, 0.1) is 5.88 Å². The van der Waals surface area contributed by atoms with E-state index in [1.54, 1.807) is 19.3 Å². The Morgan fingerprint density at radius 2 is 1.95 bits per heavy atom. The van der Waals surface area contributed by atoms with Crippen LogP contribution < -0.4 is 0 Å². The molecule has 110 valence electrons. The van der Waals surface area contributed by atoms with Crippen LogP contribution in [-0.4, -0.2) is 30.4 Å². The minimum absolute atomic E-state index is 0.0214. The van der Waals surface area contributed by atoms with Gasteiger partial charge in [-0.3, -0.25) is 0 Å². The lowest BCUT2D eigenvalue weighted by Crippen LogP contribution is -2.34. The highest BCUT2D eigenvalue weighted by molar-refractivity contribution is 7.89. The Labute approximate surface area is 121 Å². The Hall–Kier alpha value is -0.520. The highest BCUT2D eigenvalue weighted by Crippen LogP contribution is 2.24. The molecular formula is C13H23ClN2O2S. The number of halogens is 1. The number of alkyl halides is 1. The van der Waals surface area contributed by atoms with Gasteiger partial charge in [0.2, 0.25) is 10.0 Å². The predicted octanol–water partition coefficient (Wildman–Crippen LogP) is 3.23. The molecule has 0 saturated carbocycles. The Morgan fingerprint density at radius 1 is 1.37 bits per heavy atom. The zero-order valence-electron chi connectivity index (χ0n) is 12.2. The van der Waals surface area contributed by atoms with Gasteiger partial charge in [-0.25, -0.2) is 8.42 Å². The third-order valence-corrected chi connectivity index (χ3v) is 5.70. The lowest BCUT2D eigenvalue weighted by atomic mass is 10.3. The first-order chi connectivity index (χ1) is 8.75. The van der Waals surface area contributed by atoms with Gasteiger partial charge in [-0.1, -0.05) is 6.92 Å². The number of hydrogen-bond donors (Lipinski definition) is 0. The second kappa shape index (κ2) is 6.29. The van der Waals surface area contributed by atoms with Crippen molar-refractivity contribution in [3.8, 4) is 0 Å². The van der Waals surface area contributed by atoms with Crippen molar-refractivity contribution in [2.24, 2.45) is 0 Å². The van der Waals surface area contributed by atoms with Gasteiger partial charge in [-0.15, -0.1) is 11.6 Å². The summed E-state index contributed by atoms with van der Waals surface area (Å²) >= 11 is 5.88. The van der Waals surface area contributed by atoms with E-state index >= 15 is 0 Å². The molecule has 0 spiro atoms. The molecule has 1 atom stereocenters. The van der Waals surface area contributed by atoms with Crippen molar-refractivity contribution in [1.82, 2.24) is 8.87 Å². The molecule has 0 fully saturated rings. The summed E-state index contributed by atoms with van der Waals surface area (Å²) in [4.78, 5) is 0.319. The fourth-order valence-corrected chi connectivity index (χ4v) is 3.59. The Bertz CT molecular complexity index is 523. The molecule has 0 aliphatic carbocycles. The number of hydrogen-bond acceptors (Lipinski definition) is 2. The van der Waals surface area contributed by atoms with Crippen LogP contribution in [0.2, 0.25) is 0 Å². The van der Waals surface area contributed by atoms with Gasteiger partial charge >= 0.3 is 0 Å². The number of sulfonamides is 1. The summed E-state index contributed by atoms with van der Waals surface area (Å²) in [7, 11) is -1.82.